The summed E-state index contributed by atoms with van der Waals surface area (Å²) in [7, 11) is 3.18. The van der Waals surface area contributed by atoms with Crippen LogP contribution in [-0.4, -0.2) is 27.9 Å². The molecule has 0 bridgehead atoms. The van der Waals surface area contributed by atoms with Crippen molar-refractivity contribution in [1.29, 1.82) is 0 Å². The summed E-state index contributed by atoms with van der Waals surface area (Å²) in [6, 6.07) is 6.20. The highest BCUT2D eigenvalue weighted by molar-refractivity contribution is 6.04. The second-order valence-corrected chi connectivity index (χ2v) is 4.14. The van der Waals surface area contributed by atoms with Crippen LogP contribution in [0.3, 0.4) is 0 Å². The molecule has 1 aromatic heterocycles. The molecule has 1 heterocycles. The molecule has 0 saturated carbocycles. The largest absolute Gasteiger partial charge is 0.504 e. The third kappa shape index (κ3) is 2.67. The third-order valence-electron chi connectivity index (χ3n) is 2.69. The van der Waals surface area contributed by atoms with Gasteiger partial charge >= 0.3 is 0 Å². The topological polar surface area (TPSA) is 76.4 Å². The van der Waals surface area contributed by atoms with E-state index in [1.54, 1.807) is 17.8 Å². The van der Waals surface area contributed by atoms with Gasteiger partial charge in [0.05, 0.1) is 12.8 Å². The molecule has 0 atom stereocenters. The Labute approximate surface area is 110 Å². The number of aryl methyl sites for hydroxylation is 2. The summed E-state index contributed by atoms with van der Waals surface area (Å²) < 4.78 is 6.55. The number of methoxy groups -OCH3 is 1. The molecule has 6 nitrogen and oxygen atoms in total. The minimum atomic E-state index is -0.290. The van der Waals surface area contributed by atoms with E-state index in [1.165, 1.54) is 25.3 Å². The van der Waals surface area contributed by atoms with E-state index < -0.39 is 0 Å². The molecule has 0 unspecified atom stereocenters. The van der Waals surface area contributed by atoms with Crippen molar-refractivity contribution < 1.29 is 14.6 Å². The van der Waals surface area contributed by atoms with Gasteiger partial charge in [-0.15, -0.1) is 0 Å². The number of aromatic nitrogens is 2. The monoisotopic (exact) mass is 261 g/mol. The van der Waals surface area contributed by atoms with Crippen molar-refractivity contribution >= 4 is 11.7 Å². The summed E-state index contributed by atoms with van der Waals surface area (Å²) in [5.41, 5.74) is 1.22. The molecule has 19 heavy (non-hydrogen) atoms. The zero-order valence-corrected chi connectivity index (χ0v) is 11.0. The number of aromatic hydroxyl groups is 1. The Balaban J connectivity index is 2.23. The lowest BCUT2D eigenvalue weighted by Gasteiger charge is -2.07. The van der Waals surface area contributed by atoms with Gasteiger partial charge in [0.1, 0.15) is 5.82 Å². The number of hydrogen-bond donors (Lipinski definition) is 2. The van der Waals surface area contributed by atoms with E-state index in [2.05, 4.69) is 10.4 Å². The fourth-order valence-corrected chi connectivity index (χ4v) is 1.73. The minimum Gasteiger partial charge on any atom is -0.504 e. The number of benzene rings is 1. The van der Waals surface area contributed by atoms with Crippen molar-refractivity contribution in [2.24, 2.45) is 7.05 Å². The van der Waals surface area contributed by atoms with E-state index in [0.29, 0.717) is 11.4 Å². The lowest BCUT2D eigenvalue weighted by molar-refractivity contribution is 0.102. The number of carbonyl (C=O) groups is 1. The average Bonchev–Trinajstić information content (AvgIpc) is 2.68. The second-order valence-electron chi connectivity index (χ2n) is 4.14. The van der Waals surface area contributed by atoms with Gasteiger partial charge in [0.15, 0.2) is 11.5 Å². The molecule has 0 aliphatic carbocycles. The van der Waals surface area contributed by atoms with Crippen LogP contribution in [0, 0.1) is 6.92 Å². The molecule has 0 fully saturated rings. The van der Waals surface area contributed by atoms with Crippen molar-refractivity contribution in [3.05, 3.63) is 35.5 Å². The number of nitrogens with one attached hydrogen (secondary N) is 1. The normalized spacial score (nSPS) is 10.3. The highest BCUT2D eigenvalue weighted by Gasteiger charge is 2.12. The van der Waals surface area contributed by atoms with E-state index in [0.717, 1.165) is 5.69 Å². The van der Waals surface area contributed by atoms with Gasteiger partial charge in [-0.1, -0.05) is 0 Å². The number of carbonyl (C=O) groups excluding carboxylic acids is 1. The number of nitrogens with zero attached hydrogens (tertiary/aromatic N) is 2. The number of hydrogen-bond acceptors (Lipinski definition) is 4. The van der Waals surface area contributed by atoms with Crippen LogP contribution < -0.4 is 10.1 Å². The Morgan fingerprint density at radius 1 is 1.42 bits per heavy atom. The van der Waals surface area contributed by atoms with Gasteiger partial charge in [0.25, 0.3) is 5.91 Å². The SMILES string of the molecule is COc1cc(C(=O)Nc2cc(C)nn2C)ccc1O. The van der Waals surface area contributed by atoms with Crippen LogP contribution in [0.4, 0.5) is 5.82 Å². The minimum absolute atomic E-state index is 0.00423. The maximum absolute atomic E-state index is 12.1. The third-order valence-corrected chi connectivity index (χ3v) is 2.69. The summed E-state index contributed by atoms with van der Waals surface area (Å²) in [5.74, 6) is 0.570. The highest BCUT2D eigenvalue weighted by Crippen LogP contribution is 2.26. The van der Waals surface area contributed by atoms with Gasteiger partial charge in [-0.05, 0) is 25.1 Å². The smallest absolute Gasteiger partial charge is 0.256 e. The second kappa shape index (κ2) is 5.01. The average molecular weight is 261 g/mol. The van der Waals surface area contributed by atoms with E-state index in [9.17, 15) is 9.90 Å². The van der Waals surface area contributed by atoms with E-state index in [4.69, 9.17) is 4.74 Å². The van der Waals surface area contributed by atoms with Gasteiger partial charge in [-0.3, -0.25) is 9.48 Å². The highest BCUT2D eigenvalue weighted by atomic mass is 16.5. The first-order valence-corrected chi connectivity index (χ1v) is 5.70. The number of ether oxygens (including phenoxy) is 1. The molecular weight excluding hydrogens is 246 g/mol. The van der Waals surface area contributed by atoms with Crippen LogP contribution in [0.1, 0.15) is 16.1 Å². The van der Waals surface area contributed by atoms with Crippen molar-refractivity contribution in [2.75, 3.05) is 12.4 Å². The molecule has 1 aromatic carbocycles. The zero-order chi connectivity index (χ0) is 14.0. The van der Waals surface area contributed by atoms with Gasteiger partial charge in [0, 0.05) is 18.7 Å². The maximum atomic E-state index is 12.1. The lowest BCUT2D eigenvalue weighted by atomic mass is 10.2. The first-order valence-electron chi connectivity index (χ1n) is 5.70. The Bertz CT molecular complexity index is 620. The van der Waals surface area contributed by atoms with E-state index >= 15 is 0 Å². The Kier molecular flexibility index (Phi) is 3.41. The fraction of sp³-hybridized carbons (Fsp3) is 0.231. The molecule has 2 rings (SSSR count). The van der Waals surface area contributed by atoms with Crippen LogP contribution >= 0.6 is 0 Å². The van der Waals surface area contributed by atoms with Crippen molar-refractivity contribution in [3.8, 4) is 11.5 Å². The Hall–Kier alpha value is -2.50. The van der Waals surface area contributed by atoms with Crippen LogP contribution in [0.2, 0.25) is 0 Å². The predicted molar refractivity (Wildman–Crippen MR) is 70.6 cm³/mol. The number of phenols is 1. The van der Waals surface area contributed by atoms with E-state index in [1.807, 2.05) is 6.92 Å². The summed E-state index contributed by atoms with van der Waals surface area (Å²) in [6.07, 6.45) is 0. The first-order chi connectivity index (χ1) is 9.01. The molecular formula is C13H15N3O3. The van der Waals surface area contributed by atoms with Gasteiger partial charge < -0.3 is 15.2 Å². The summed E-state index contributed by atoms with van der Waals surface area (Å²) in [5, 5.41) is 16.4. The van der Waals surface area contributed by atoms with Gasteiger partial charge in [0.2, 0.25) is 0 Å². The molecule has 0 saturated heterocycles. The summed E-state index contributed by atoms with van der Waals surface area (Å²) in [6.45, 7) is 1.85. The number of anilines is 1. The van der Waals surface area contributed by atoms with Crippen molar-refractivity contribution in [1.82, 2.24) is 9.78 Å². The molecule has 1 amide bonds. The Morgan fingerprint density at radius 3 is 2.74 bits per heavy atom. The number of amides is 1. The van der Waals surface area contributed by atoms with Gasteiger partial charge in [-0.2, -0.15) is 5.10 Å². The lowest BCUT2D eigenvalue weighted by Crippen LogP contribution is -2.14. The molecule has 0 aliphatic rings. The standard InChI is InChI=1S/C13H15N3O3/c1-8-6-12(16(2)15-8)14-13(18)9-4-5-10(17)11(7-9)19-3/h4-7,17H,1-3H3,(H,14,18). The number of phenolic OH excluding ortho intramolecular Hbond substituents is 1. The number of rotatable bonds is 3. The van der Waals surface area contributed by atoms with Crippen LogP contribution in [0.15, 0.2) is 24.3 Å². The first kappa shape index (κ1) is 12.9. The summed E-state index contributed by atoms with van der Waals surface area (Å²) in [4.78, 5) is 12.1. The van der Waals surface area contributed by atoms with E-state index in [-0.39, 0.29) is 17.4 Å². The quantitative estimate of drug-likeness (QED) is 0.881. The molecule has 0 aliphatic heterocycles. The van der Waals surface area contributed by atoms with Crippen LogP contribution in [-0.2, 0) is 7.05 Å². The predicted octanol–water partition coefficient (Wildman–Crippen LogP) is 1.70. The van der Waals surface area contributed by atoms with Crippen molar-refractivity contribution in [2.45, 2.75) is 6.92 Å². The molecule has 2 N–H and O–H groups in total. The molecule has 0 radical (unpaired) electrons. The summed E-state index contributed by atoms with van der Waals surface area (Å²) >= 11 is 0. The Morgan fingerprint density at radius 2 is 2.16 bits per heavy atom. The van der Waals surface area contributed by atoms with Crippen LogP contribution in [0.5, 0.6) is 11.5 Å². The molecule has 0 spiro atoms. The molecule has 100 valence electrons. The molecule has 6 heteroatoms. The van der Waals surface area contributed by atoms with Crippen LogP contribution in [0.25, 0.3) is 0 Å². The molecule has 2 aromatic rings. The fourth-order valence-electron chi connectivity index (χ4n) is 1.73. The van der Waals surface area contributed by atoms with Gasteiger partial charge in [-0.25, -0.2) is 0 Å². The van der Waals surface area contributed by atoms with Crippen molar-refractivity contribution in [3.63, 3.8) is 0 Å². The maximum Gasteiger partial charge on any atom is 0.256 e. The zero-order valence-electron chi connectivity index (χ0n) is 11.0.